The van der Waals surface area contributed by atoms with Crippen LogP contribution >= 0.6 is 0 Å². The summed E-state index contributed by atoms with van der Waals surface area (Å²) in [7, 11) is 0. The molecular formula is C10H14N2. The number of imidazole rings is 1. The van der Waals surface area contributed by atoms with Crippen LogP contribution in [-0.4, -0.2) is 9.97 Å². The van der Waals surface area contributed by atoms with Crippen molar-refractivity contribution >= 4 is 12.2 Å². The molecule has 0 aromatic carbocycles. The number of hydrogen-bond acceptors (Lipinski definition) is 1. The fourth-order valence-corrected chi connectivity index (χ4v) is 1.07. The van der Waals surface area contributed by atoms with Gasteiger partial charge in [0, 0.05) is 6.42 Å². The van der Waals surface area contributed by atoms with Crippen LogP contribution in [-0.2, 0) is 6.42 Å². The number of nitrogens with zero attached hydrogens (tertiary/aromatic N) is 1. The van der Waals surface area contributed by atoms with E-state index in [2.05, 4.69) is 23.5 Å². The van der Waals surface area contributed by atoms with E-state index >= 15 is 0 Å². The molecule has 0 saturated carbocycles. The Hall–Kier alpha value is -1.31. The summed E-state index contributed by atoms with van der Waals surface area (Å²) >= 11 is 0. The van der Waals surface area contributed by atoms with E-state index in [-0.39, 0.29) is 0 Å². The van der Waals surface area contributed by atoms with Gasteiger partial charge in [0.15, 0.2) is 0 Å². The van der Waals surface area contributed by atoms with Crippen LogP contribution in [0.3, 0.4) is 0 Å². The lowest BCUT2D eigenvalue weighted by molar-refractivity contribution is 0.986. The number of nitrogens with one attached hydrogen (secondary N) is 1. The minimum absolute atomic E-state index is 0.929. The smallest absolute Gasteiger partial charge is 0.106 e. The topological polar surface area (TPSA) is 28.7 Å². The van der Waals surface area contributed by atoms with E-state index in [1.165, 1.54) is 0 Å². The Bertz CT molecular complexity index is 295. The number of aromatic amines is 1. The highest BCUT2D eigenvalue weighted by atomic mass is 14.9. The molecule has 1 aromatic rings. The molecule has 0 spiro atoms. The second kappa shape index (κ2) is 3.90. The maximum Gasteiger partial charge on any atom is 0.106 e. The van der Waals surface area contributed by atoms with Crippen LogP contribution in [0.4, 0.5) is 0 Å². The lowest BCUT2D eigenvalue weighted by Gasteiger charge is -1.86. The van der Waals surface area contributed by atoms with Crippen molar-refractivity contribution in [2.75, 3.05) is 0 Å². The first-order chi connectivity index (χ1) is 5.81. The first-order valence-electron chi connectivity index (χ1n) is 4.15. The highest BCUT2D eigenvalue weighted by Crippen LogP contribution is 2.09. The molecule has 0 aliphatic rings. The van der Waals surface area contributed by atoms with Crippen LogP contribution in [0, 0.1) is 0 Å². The molecule has 0 amide bonds. The Kier molecular flexibility index (Phi) is 2.86. The molecule has 2 nitrogen and oxygen atoms in total. The van der Waals surface area contributed by atoms with Gasteiger partial charge in [0.05, 0.1) is 11.4 Å². The van der Waals surface area contributed by atoms with Crippen LogP contribution in [0.2, 0.25) is 0 Å². The van der Waals surface area contributed by atoms with Crippen LogP contribution < -0.4 is 0 Å². The summed E-state index contributed by atoms with van der Waals surface area (Å²) in [5, 5.41) is 0. The molecular weight excluding hydrogens is 148 g/mol. The molecule has 0 atom stereocenters. The van der Waals surface area contributed by atoms with Crippen LogP contribution in [0.1, 0.15) is 31.1 Å². The molecule has 0 aliphatic carbocycles. The number of aryl methyl sites for hydroxylation is 1. The van der Waals surface area contributed by atoms with E-state index in [1.807, 2.05) is 19.1 Å². The lowest BCUT2D eigenvalue weighted by atomic mass is 10.3. The number of rotatable bonds is 3. The van der Waals surface area contributed by atoms with Crippen LogP contribution in [0.5, 0.6) is 0 Å². The fourth-order valence-electron chi connectivity index (χ4n) is 1.07. The molecule has 1 heterocycles. The first-order valence-corrected chi connectivity index (χ1v) is 4.15. The second-order valence-corrected chi connectivity index (χ2v) is 2.54. The van der Waals surface area contributed by atoms with Gasteiger partial charge in [0.25, 0.3) is 0 Å². The van der Waals surface area contributed by atoms with Gasteiger partial charge in [-0.15, -0.1) is 0 Å². The van der Waals surface area contributed by atoms with Gasteiger partial charge in [0.2, 0.25) is 0 Å². The molecule has 1 aromatic heterocycles. The summed E-state index contributed by atoms with van der Waals surface area (Å²) in [6.07, 6.45) is 6.69. The van der Waals surface area contributed by atoms with Crippen molar-refractivity contribution in [1.29, 1.82) is 0 Å². The van der Waals surface area contributed by atoms with Gasteiger partial charge in [-0.3, -0.25) is 0 Å². The van der Waals surface area contributed by atoms with Crippen molar-refractivity contribution < 1.29 is 0 Å². The number of aromatic nitrogens is 2. The minimum atomic E-state index is 0.929. The van der Waals surface area contributed by atoms with E-state index in [0.29, 0.717) is 0 Å². The molecule has 1 N–H and O–H groups in total. The summed E-state index contributed by atoms with van der Waals surface area (Å²) in [6, 6.07) is 0. The third-order valence-electron chi connectivity index (χ3n) is 1.67. The second-order valence-electron chi connectivity index (χ2n) is 2.54. The average molecular weight is 162 g/mol. The Morgan fingerprint density at radius 3 is 2.83 bits per heavy atom. The third kappa shape index (κ3) is 1.64. The van der Waals surface area contributed by atoms with E-state index in [4.69, 9.17) is 0 Å². The average Bonchev–Trinajstić information content (AvgIpc) is 2.48. The minimum Gasteiger partial charge on any atom is -0.342 e. The molecule has 2 heteroatoms. The highest BCUT2D eigenvalue weighted by Gasteiger charge is 2.01. The van der Waals surface area contributed by atoms with Gasteiger partial charge in [-0.05, 0) is 19.1 Å². The van der Waals surface area contributed by atoms with Crippen molar-refractivity contribution in [1.82, 2.24) is 9.97 Å². The maximum absolute atomic E-state index is 4.34. The SMILES string of the molecule is C=Cc1nc(CC)[nH]c1/C=C\C. The van der Waals surface area contributed by atoms with Crippen molar-refractivity contribution in [3.8, 4) is 0 Å². The van der Waals surface area contributed by atoms with Crippen LogP contribution in [0.25, 0.3) is 12.2 Å². The molecule has 12 heavy (non-hydrogen) atoms. The molecule has 0 fully saturated rings. The standard InChI is InChI=1S/C10H14N2/c1-4-7-9-8(5-2)11-10(6-3)12-9/h4-5,7H,2,6H2,1,3H3,(H,11,12)/b7-4-. The molecule has 0 unspecified atom stereocenters. The van der Waals surface area contributed by atoms with Crippen molar-refractivity contribution in [3.63, 3.8) is 0 Å². The highest BCUT2D eigenvalue weighted by molar-refractivity contribution is 5.58. The summed E-state index contributed by atoms with van der Waals surface area (Å²) in [6.45, 7) is 7.77. The summed E-state index contributed by atoms with van der Waals surface area (Å²) in [5.41, 5.74) is 1.98. The van der Waals surface area contributed by atoms with Crippen molar-refractivity contribution in [2.45, 2.75) is 20.3 Å². The van der Waals surface area contributed by atoms with E-state index < -0.39 is 0 Å². The molecule has 0 bridgehead atoms. The predicted molar refractivity (Wildman–Crippen MR) is 52.8 cm³/mol. The van der Waals surface area contributed by atoms with Gasteiger partial charge in [-0.2, -0.15) is 0 Å². The Labute approximate surface area is 73.0 Å². The van der Waals surface area contributed by atoms with Gasteiger partial charge in [-0.1, -0.05) is 19.6 Å². The predicted octanol–water partition coefficient (Wildman–Crippen LogP) is 2.65. The zero-order valence-electron chi connectivity index (χ0n) is 7.59. The Morgan fingerprint density at radius 1 is 1.58 bits per heavy atom. The normalized spacial score (nSPS) is 10.8. The summed E-state index contributed by atoms with van der Waals surface area (Å²) < 4.78 is 0. The molecule has 64 valence electrons. The zero-order chi connectivity index (χ0) is 8.97. The summed E-state index contributed by atoms with van der Waals surface area (Å²) in [4.78, 5) is 7.56. The van der Waals surface area contributed by atoms with E-state index in [0.717, 1.165) is 23.6 Å². The maximum atomic E-state index is 4.34. The number of H-pyrrole nitrogens is 1. The van der Waals surface area contributed by atoms with Crippen molar-refractivity contribution in [3.05, 3.63) is 29.9 Å². The van der Waals surface area contributed by atoms with E-state index in [9.17, 15) is 0 Å². The lowest BCUT2D eigenvalue weighted by Crippen LogP contribution is -1.80. The van der Waals surface area contributed by atoms with Crippen LogP contribution in [0.15, 0.2) is 12.7 Å². The third-order valence-corrected chi connectivity index (χ3v) is 1.67. The van der Waals surface area contributed by atoms with Gasteiger partial charge in [-0.25, -0.2) is 4.98 Å². The zero-order valence-corrected chi connectivity index (χ0v) is 7.59. The van der Waals surface area contributed by atoms with Gasteiger partial charge >= 0.3 is 0 Å². The largest absolute Gasteiger partial charge is 0.342 e. The summed E-state index contributed by atoms with van der Waals surface area (Å²) in [5.74, 6) is 1.01. The molecule has 1 rings (SSSR count). The van der Waals surface area contributed by atoms with Gasteiger partial charge < -0.3 is 4.98 Å². The quantitative estimate of drug-likeness (QED) is 0.727. The molecule has 0 aliphatic heterocycles. The number of hydrogen-bond donors (Lipinski definition) is 1. The fraction of sp³-hybridized carbons (Fsp3) is 0.300. The van der Waals surface area contributed by atoms with Gasteiger partial charge in [0.1, 0.15) is 5.82 Å². The Morgan fingerprint density at radius 2 is 2.33 bits per heavy atom. The molecule has 0 saturated heterocycles. The van der Waals surface area contributed by atoms with E-state index in [1.54, 1.807) is 6.08 Å². The number of allylic oxidation sites excluding steroid dienone is 1. The molecule has 0 radical (unpaired) electrons. The Balaban J connectivity index is 3.07. The first kappa shape index (κ1) is 8.78. The monoisotopic (exact) mass is 162 g/mol. The van der Waals surface area contributed by atoms with Crippen molar-refractivity contribution in [2.24, 2.45) is 0 Å².